The van der Waals surface area contributed by atoms with Crippen LogP contribution >= 0.6 is 0 Å². The minimum Gasteiger partial charge on any atom is -0.386 e. The molecule has 1 N–H and O–H groups in total. The van der Waals surface area contributed by atoms with Gasteiger partial charge in [-0.2, -0.15) is 0 Å². The fourth-order valence-electron chi connectivity index (χ4n) is 3.68. The predicted molar refractivity (Wildman–Crippen MR) is 68.2 cm³/mol. The molecule has 0 amide bonds. The average Bonchev–Trinajstić information content (AvgIpc) is 2.15. The van der Waals surface area contributed by atoms with Gasteiger partial charge in [-0.1, -0.05) is 32.4 Å². The highest BCUT2D eigenvalue weighted by molar-refractivity contribution is 5.23. The molecule has 1 fully saturated rings. The number of hydrogen-bond donors (Lipinski definition) is 1. The van der Waals surface area contributed by atoms with Crippen LogP contribution in [0.2, 0.25) is 0 Å². The Labute approximate surface area is 99.9 Å². The normalized spacial score (nSPS) is 44.1. The first kappa shape index (κ1) is 12.2. The number of hydrogen-bond acceptors (Lipinski definition) is 1. The molecule has 0 aromatic carbocycles. The quantitative estimate of drug-likeness (QED) is 0.669. The van der Waals surface area contributed by atoms with E-state index in [-0.39, 0.29) is 0 Å². The third kappa shape index (κ3) is 2.20. The molecule has 0 heterocycles. The van der Waals surface area contributed by atoms with Gasteiger partial charge in [0.25, 0.3) is 0 Å². The Kier molecular flexibility index (Phi) is 3.18. The van der Waals surface area contributed by atoms with Gasteiger partial charge in [-0.25, -0.2) is 0 Å². The van der Waals surface area contributed by atoms with Crippen LogP contribution in [0.3, 0.4) is 0 Å². The zero-order valence-electron chi connectivity index (χ0n) is 11.2. The number of fused-ring (bicyclic) bond motifs is 1. The summed E-state index contributed by atoms with van der Waals surface area (Å²) in [4.78, 5) is 0. The molecule has 0 aromatic rings. The Morgan fingerprint density at radius 2 is 2.00 bits per heavy atom. The van der Waals surface area contributed by atoms with Crippen molar-refractivity contribution >= 4 is 0 Å². The zero-order valence-corrected chi connectivity index (χ0v) is 11.2. The van der Waals surface area contributed by atoms with Gasteiger partial charge in [0.05, 0.1) is 5.60 Å². The highest BCUT2D eigenvalue weighted by Gasteiger charge is 2.39. The van der Waals surface area contributed by atoms with E-state index in [4.69, 9.17) is 0 Å². The summed E-state index contributed by atoms with van der Waals surface area (Å²) in [6, 6.07) is 0. The van der Waals surface area contributed by atoms with Gasteiger partial charge in [-0.15, -0.1) is 0 Å². The van der Waals surface area contributed by atoms with Crippen LogP contribution in [0.15, 0.2) is 11.6 Å². The molecule has 1 saturated carbocycles. The van der Waals surface area contributed by atoms with E-state index in [1.165, 1.54) is 19.3 Å². The summed E-state index contributed by atoms with van der Waals surface area (Å²) in [5.74, 6) is 3.00. The molecular formula is C15H26O. The summed E-state index contributed by atoms with van der Waals surface area (Å²) in [5, 5.41) is 10.2. The molecule has 0 aromatic heterocycles. The molecule has 2 aliphatic rings. The molecule has 1 heteroatoms. The van der Waals surface area contributed by atoms with Crippen molar-refractivity contribution in [3.05, 3.63) is 11.6 Å². The van der Waals surface area contributed by atoms with Gasteiger partial charge in [0.15, 0.2) is 0 Å². The highest BCUT2D eigenvalue weighted by atomic mass is 16.3. The molecule has 2 aliphatic carbocycles. The molecule has 1 nitrogen and oxygen atoms in total. The SMILES string of the molecule is CC(C)C1CCC(C)C2CC[C@](C)(O)C=C12. The van der Waals surface area contributed by atoms with Crippen molar-refractivity contribution in [3.8, 4) is 0 Å². The molecule has 3 unspecified atom stereocenters. The van der Waals surface area contributed by atoms with Crippen LogP contribution in [0.1, 0.15) is 53.4 Å². The van der Waals surface area contributed by atoms with E-state index in [0.29, 0.717) is 5.92 Å². The molecule has 0 aliphatic heterocycles. The fourth-order valence-corrected chi connectivity index (χ4v) is 3.68. The van der Waals surface area contributed by atoms with E-state index < -0.39 is 5.60 Å². The predicted octanol–water partition coefficient (Wildman–Crippen LogP) is 3.78. The Bertz CT molecular complexity index is 288. The van der Waals surface area contributed by atoms with Gasteiger partial charge < -0.3 is 5.11 Å². The Balaban J connectivity index is 2.30. The maximum absolute atomic E-state index is 10.2. The largest absolute Gasteiger partial charge is 0.386 e. The molecule has 4 atom stereocenters. The number of aliphatic hydroxyl groups is 1. The number of rotatable bonds is 1. The lowest BCUT2D eigenvalue weighted by Gasteiger charge is -2.44. The molecule has 0 saturated heterocycles. The Morgan fingerprint density at radius 1 is 1.31 bits per heavy atom. The third-order valence-electron chi connectivity index (χ3n) is 4.72. The second-order valence-corrected chi connectivity index (χ2v) is 6.55. The van der Waals surface area contributed by atoms with E-state index >= 15 is 0 Å². The first-order valence-electron chi connectivity index (χ1n) is 6.86. The van der Waals surface area contributed by atoms with Crippen LogP contribution in [0.25, 0.3) is 0 Å². The van der Waals surface area contributed by atoms with Crippen molar-refractivity contribution in [2.75, 3.05) is 0 Å². The topological polar surface area (TPSA) is 20.2 Å². The summed E-state index contributed by atoms with van der Waals surface area (Å²) in [6.07, 6.45) is 7.01. The second-order valence-electron chi connectivity index (χ2n) is 6.55. The first-order valence-corrected chi connectivity index (χ1v) is 6.86. The fraction of sp³-hybridized carbons (Fsp3) is 0.867. The van der Waals surface area contributed by atoms with E-state index in [2.05, 4.69) is 26.8 Å². The smallest absolute Gasteiger partial charge is 0.0802 e. The highest BCUT2D eigenvalue weighted by Crippen LogP contribution is 2.47. The van der Waals surface area contributed by atoms with Crippen LogP contribution in [-0.2, 0) is 0 Å². The lowest BCUT2D eigenvalue weighted by molar-refractivity contribution is 0.0684. The second kappa shape index (κ2) is 4.18. The van der Waals surface area contributed by atoms with Gasteiger partial charge in [0.1, 0.15) is 0 Å². The van der Waals surface area contributed by atoms with Crippen molar-refractivity contribution in [1.29, 1.82) is 0 Å². The molecule has 0 bridgehead atoms. The maximum Gasteiger partial charge on any atom is 0.0802 e. The van der Waals surface area contributed by atoms with Crippen molar-refractivity contribution in [3.63, 3.8) is 0 Å². The summed E-state index contributed by atoms with van der Waals surface area (Å²) < 4.78 is 0. The van der Waals surface area contributed by atoms with Crippen molar-refractivity contribution in [2.45, 2.75) is 59.0 Å². The lowest BCUT2D eigenvalue weighted by Crippen LogP contribution is -2.37. The van der Waals surface area contributed by atoms with Gasteiger partial charge in [-0.05, 0) is 56.3 Å². The van der Waals surface area contributed by atoms with E-state index in [1.807, 2.05) is 6.92 Å². The van der Waals surface area contributed by atoms with E-state index in [9.17, 15) is 5.11 Å². The maximum atomic E-state index is 10.2. The molecule has 16 heavy (non-hydrogen) atoms. The Morgan fingerprint density at radius 3 is 2.62 bits per heavy atom. The van der Waals surface area contributed by atoms with E-state index in [0.717, 1.165) is 24.2 Å². The van der Waals surface area contributed by atoms with Crippen molar-refractivity contribution < 1.29 is 5.11 Å². The first-order chi connectivity index (χ1) is 7.41. The lowest BCUT2D eigenvalue weighted by atomic mass is 9.62. The van der Waals surface area contributed by atoms with Crippen LogP contribution in [0.4, 0.5) is 0 Å². The minimum atomic E-state index is -0.546. The minimum absolute atomic E-state index is 0.546. The van der Waals surface area contributed by atoms with E-state index in [1.54, 1.807) is 5.57 Å². The molecule has 2 rings (SSSR count). The van der Waals surface area contributed by atoms with Gasteiger partial charge in [0, 0.05) is 0 Å². The van der Waals surface area contributed by atoms with Gasteiger partial charge >= 0.3 is 0 Å². The third-order valence-corrected chi connectivity index (χ3v) is 4.72. The summed E-state index contributed by atoms with van der Waals surface area (Å²) in [5.41, 5.74) is 1.03. The number of allylic oxidation sites excluding steroid dienone is 1. The van der Waals surface area contributed by atoms with Gasteiger partial charge in [-0.3, -0.25) is 0 Å². The summed E-state index contributed by atoms with van der Waals surface area (Å²) in [7, 11) is 0. The standard InChI is InChI=1S/C15H26O/c1-10(2)12-6-5-11(3)13-7-8-15(4,16)9-14(12)13/h9-13,16H,5-8H2,1-4H3/t11?,12?,13?,15-/m0/s1. The van der Waals surface area contributed by atoms with Crippen molar-refractivity contribution in [2.24, 2.45) is 23.7 Å². The van der Waals surface area contributed by atoms with Crippen LogP contribution < -0.4 is 0 Å². The van der Waals surface area contributed by atoms with Crippen LogP contribution in [0, 0.1) is 23.7 Å². The molecule has 92 valence electrons. The molecular weight excluding hydrogens is 196 g/mol. The van der Waals surface area contributed by atoms with Crippen LogP contribution in [0.5, 0.6) is 0 Å². The summed E-state index contributed by atoms with van der Waals surface area (Å²) >= 11 is 0. The Hall–Kier alpha value is -0.300. The zero-order chi connectivity index (χ0) is 11.9. The van der Waals surface area contributed by atoms with Crippen LogP contribution in [-0.4, -0.2) is 10.7 Å². The van der Waals surface area contributed by atoms with Gasteiger partial charge in [0.2, 0.25) is 0 Å². The molecule has 0 radical (unpaired) electrons. The summed E-state index contributed by atoms with van der Waals surface area (Å²) in [6.45, 7) is 8.99. The van der Waals surface area contributed by atoms with Crippen molar-refractivity contribution in [1.82, 2.24) is 0 Å². The average molecular weight is 222 g/mol. The molecule has 0 spiro atoms. The monoisotopic (exact) mass is 222 g/mol.